The van der Waals surface area contributed by atoms with Crippen molar-refractivity contribution in [2.45, 2.75) is 57.8 Å². The molecule has 0 bridgehead atoms. The number of thioether (sulfide) groups is 1. The lowest BCUT2D eigenvalue weighted by Crippen LogP contribution is -2.33. The second-order valence-electron chi connectivity index (χ2n) is 7.94. The van der Waals surface area contributed by atoms with Gasteiger partial charge in [-0.2, -0.15) is 0 Å². The Morgan fingerprint density at radius 1 is 1.10 bits per heavy atom. The van der Waals surface area contributed by atoms with Gasteiger partial charge in [0.05, 0.1) is 18.6 Å². The summed E-state index contributed by atoms with van der Waals surface area (Å²) >= 11 is 1.40. The quantitative estimate of drug-likeness (QED) is 0.436. The number of benzene rings is 1. The van der Waals surface area contributed by atoms with Crippen LogP contribution in [-0.4, -0.2) is 32.5 Å². The smallest absolute Gasteiger partial charge is 0.230 e. The fourth-order valence-electron chi connectivity index (χ4n) is 3.24. The van der Waals surface area contributed by atoms with E-state index in [1.54, 1.807) is 6.26 Å². The van der Waals surface area contributed by atoms with Gasteiger partial charge in [0.1, 0.15) is 0 Å². The predicted molar refractivity (Wildman–Crippen MR) is 120 cm³/mol. The zero-order valence-corrected chi connectivity index (χ0v) is 18.7. The van der Waals surface area contributed by atoms with Crippen molar-refractivity contribution >= 4 is 17.7 Å². The van der Waals surface area contributed by atoms with Gasteiger partial charge in [-0.3, -0.25) is 9.36 Å². The van der Waals surface area contributed by atoms with Gasteiger partial charge >= 0.3 is 0 Å². The highest BCUT2D eigenvalue weighted by Gasteiger charge is 2.18. The second kappa shape index (κ2) is 11.0. The first-order chi connectivity index (χ1) is 14.5. The summed E-state index contributed by atoms with van der Waals surface area (Å²) in [6.07, 6.45) is 4.94. The minimum absolute atomic E-state index is 0.0193. The minimum Gasteiger partial charge on any atom is -0.461 e. The van der Waals surface area contributed by atoms with Crippen LogP contribution in [-0.2, 0) is 11.3 Å². The van der Waals surface area contributed by atoms with Gasteiger partial charge in [0.2, 0.25) is 11.7 Å². The Labute approximate surface area is 182 Å². The van der Waals surface area contributed by atoms with Crippen molar-refractivity contribution in [2.75, 3.05) is 5.75 Å². The molecule has 1 amide bonds. The van der Waals surface area contributed by atoms with E-state index in [1.807, 2.05) is 34.9 Å². The van der Waals surface area contributed by atoms with Crippen molar-refractivity contribution < 1.29 is 9.21 Å². The van der Waals surface area contributed by atoms with Gasteiger partial charge < -0.3 is 9.73 Å². The molecule has 1 aromatic carbocycles. The van der Waals surface area contributed by atoms with Crippen molar-refractivity contribution in [1.29, 1.82) is 0 Å². The molecule has 1 atom stereocenters. The Hall–Kier alpha value is -2.54. The monoisotopic (exact) mass is 426 g/mol. The molecule has 2 aromatic heterocycles. The number of nitrogens with one attached hydrogen (secondary N) is 1. The Morgan fingerprint density at radius 2 is 1.90 bits per heavy atom. The molecule has 0 spiro atoms. The van der Waals surface area contributed by atoms with Crippen molar-refractivity contribution in [1.82, 2.24) is 20.1 Å². The Balaban J connectivity index is 1.63. The third-order valence-corrected chi connectivity index (χ3v) is 5.77. The molecule has 0 radical (unpaired) electrons. The van der Waals surface area contributed by atoms with Gasteiger partial charge in [0.25, 0.3) is 0 Å². The molecular weight excluding hydrogens is 396 g/mol. The molecule has 2 heterocycles. The summed E-state index contributed by atoms with van der Waals surface area (Å²) in [4.78, 5) is 12.4. The maximum Gasteiger partial charge on any atom is 0.230 e. The standard InChI is InChI=1S/C23H30N4O2S/c1-17(2)9-7-10-18(3)24-21(28)16-30-23-26-25-22(20-13-8-14-29-20)27(23)15-19-11-5-4-6-12-19/h4-6,8,11-14,17-18H,7,9-10,15-16H2,1-3H3,(H,24,28)/t18-/m1/s1. The van der Waals surface area contributed by atoms with E-state index in [9.17, 15) is 4.79 Å². The highest BCUT2D eigenvalue weighted by atomic mass is 32.2. The second-order valence-corrected chi connectivity index (χ2v) is 8.88. The lowest BCUT2D eigenvalue weighted by Gasteiger charge is -2.14. The summed E-state index contributed by atoms with van der Waals surface area (Å²) in [5, 5.41) is 12.4. The molecule has 0 fully saturated rings. The molecule has 30 heavy (non-hydrogen) atoms. The van der Waals surface area contributed by atoms with Crippen LogP contribution in [0.15, 0.2) is 58.3 Å². The topological polar surface area (TPSA) is 73.0 Å². The van der Waals surface area contributed by atoms with E-state index in [1.165, 1.54) is 18.2 Å². The summed E-state index contributed by atoms with van der Waals surface area (Å²) < 4.78 is 7.53. The molecule has 160 valence electrons. The lowest BCUT2D eigenvalue weighted by atomic mass is 10.0. The normalized spacial score (nSPS) is 12.3. The highest BCUT2D eigenvalue weighted by Crippen LogP contribution is 2.25. The van der Waals surface area contributed by atoms with Crippen molar-refractivity contribution in [2.24, 2.45) is 5.92 Å². The van der Waals surface area contributed by atoms with Crippen LogP contribution in [0.5, 0.6) is 0 Å². The number of furan rings is 1. The average Bonchev–Trinajstić information content (AvgIpc) is 3.37. The van der Waals surface area contributed by atoms with Gasteiger partial charge in [-0.05, 0) is 37.0 Å². The molecule has 0 saturated carbocycles. The molecule has 3 rings (SSSR count). The maximum absolute atomic E-state index is 12.4. The van der Waals surface area contributed by atoms with Crippen LogP contribution in [0.2, 0.25) is 0 Å². The van der Waals surface area contributed by atoms with Crippen molar-refractivity contribution in [3.05, 3.63) is 54.3 Å². The highest BCUT2D eigenvalue weighted by molar-refractivity contribution is 7.99. The average molecular weight is 427 g/mol. The zero-order valence-electron chi connectivity index (χ0n) is 17.9. The van der Waals surface area contributed by atoms with Crippen LogP contribution >= 0.6 is 11.8 Å². The van der Waals surface area contributed by atoms with Crippen LogP contribution in [0.25, 0.3) is 11.6 Å². The van der Waals surface area contributed by atoms with Crippen LogP contribution in [0.1, 0.15) is 45.6 Å². The Morgan fingerprint density at radius 3 is 2.60 bits per heavy atom. The molecule has 6 nitrogen and oxygen atoms in total. The number of carbonyl (C=O) groups is 1. The number of carbonyl (C=O) groups excluding carboxylic acids is 1. The fourth-order valence-corrected chi connectivity index (χ4v) is 3.99. The number of amides is 1. The van der Waals surface area contributed by atoms with E-state index in [2.05, 4.69) is 48.4 Å². The molecule has 0 aliphatic rings. The number of nitrogens with zero attached hydrogens (tertiary/aromatic N) is 3. The summed E-state index contributed by atoms with van der Waals surface area (Å²) in [5.41, 5.74) is 1.13. The van der Waals surface area contributed by atoms with Crippen molar-refractivity contribution in [3.8, 4) is 11.6 Å². The van der Waals surface area contributed by atoms with E-state index >= 15 is 0 Å². The van der Waals surface area contributed by atoms with Crippen LogP contribution in [0, 0.1) is 5.92 Å². The predicted octanol–water partition coefficient (Wildman–Crippen LogP) is 5.01. The minimum atomic E-state index is 0.0193. The van der Waals surface area contributed by atoms with Gasteiger partial charge in [-0.25, -0.2) is 0 Å². The molecule has 0 aliphatic carbocycles. The Kier molecular flexibility index (Phi) is 8.13. The molecular formula is C23H30N4O2S. The SMILES string of the molecule is CC(C)CCC[C@@H](C)NC(=O)CSc1nnc(-c2ccco2)n1Cc1ccccc1. The van der Waals surface area contributed by atoms with Gasteiger partial charge in [0.15, 0.2) is 10.9 Å². The first kappa shape index (κ1) is 22.2. The zero-order chi connectivity index (χ0) is 21.3. The maximum atomic E-state index is 12.4. The first-order valence-electron chi connectivity index (χ1n) is 10.5. The largest absolute Gasteiger partial charge is 0.461 e. The number of aromatic nitrogens is 3. The molecule has 7 heteroatoms. The Bertz CT molecular complexity index is 907. The molecule has 0 unspecified atom stereocenters. The number of hydrogen-bond acceptors (Lipinski definition) is 5. The van der Waals surface area contributed by atoms with E-state index in [0.717, 1.165) is 18.4 Å². The van der Waals surface area contributed by atoms with Gasteiger partial charge in [-0.1, -0.05) is 68.8 Å². The van der Waals surface area contributed by atoms with Gasteiger partial charge in [0, 0.05) is 6.04 Å². The van der Waals surface area contributed by atoms with Crippen LogP contribution < -0.4 is 5.32 Å². The molecule has 0 aliphatic heterocycles. The molecule has 1 N–H and O–H groups in total. The van der Waals surface area contributed by atoms with E-state index in [0.29, 0.717) is 35.0 Å². The number of rotatable bonds is 11. The third kappa shape index (κ3) is 6.49. The summed E-state index contributed by atoms with van der Waals surface area (Å²) in [6.45, 7) is 7.13. The lowest BCUT2D eigenvalue weighted by molar-refractivity contribution is -0.119. The third-order valence-electron chi connectivity index (χ3n) is 4.80. The van der Waals surface area contributed by atoms with Crippen LogP contribution in [0.3, 0.4) is 0 Å². The van der Waals surface area contributed by atoms with Gasteiger partial charge in [-0.15, -0.1) is 10.2 Å². The summed E-state index contributed by atoms with van der Waals surface area (Å²) in [7, 11) is 0. The van der Waals surface area contributed by atoms with Crippen molar-refractivity contribution in [3.63, 3.8) is 0 Å². The van der Waals surface area contributed by atoms with E-state index < -0.39 is 0 Å². The first-order valence-corrected chi connectivity index (χ1v) is 11.4. The molecule has 3 aromatic rings. The molecule has 0 saturated heterocycles. The summed E-state index contributed by atoms with van der Waals surface area (Å²) in [5.74, 6) is 2.34. The summed E-state index contributed by atoms with van der Waals surface area (Å²) in [6, 6.07) is 14.0. The van der Waals surface area contributed by atoms with E-state index in [4.69, 9.17) is 4.42 Å². The fraction of sp³-hybridized carbons (Fsp3) is 0.435. The van der Waals surface area contributed by atoms with E-state index in [-0.39, 0.29) is 11.9 Å². The number of hydrogen-bond donors (Lipinski definition) is 1. The van der Waals surface area contributed by atoms with Crippen LogP contribution in [0.4, 0.5) is 0 Å².